The lowest BCUT2D eigenvalue weighted by Gasteiger charge is -2.02. The average molecular weight is 384 g/mol. The molecule has 0 spiro atoms. The maximum Gasteiger partial charge on any atom is 0.291 e. The van der Waals surface area contributed by atoms with E-state index in [1.54, 1.807) is 12.1 Å². The summed E-state index contributed by atoms with van der Waals surface area (Å²) in [5, 5.41) is 4.95. The van der Waals surface area contributed by atoms with E-state index in [1.807, 2.05) is 49.4 Å². The molecular weight excluding hydrogens is 370 g/mol. The number of benzene rings is 2. The molecule has 0 unspecified atom stereocenters. The van der Waals surface area contributed by atoms with Crippen molar-refractivity contribution in [2.45, 2.75) is 6.92 Å². The fraction of sp³-hybridized carbons (Fsp3) is 0.105. The Bertz CT molecular complexity index is 1180. The van der Waals surface area contributed by atoms with E-state index in [2.05, 4.69) is 10.1 Å². The van der Waals surface area contributed by atoms with Crippen LogP contribution in [0.15, 0.2) is 53.3 Å². The van der Waals surface area contributed by atoms with Crippen molar-refractivity contribution in [1.29, 1.82) is 0 Å². The van der Waals surface area contributed by atoms with Crippen LogP contribution in [0.5, 0.6) is 5.75 Å². The molecule has 0 aliphatic rings. The zero-order chi connectivity index (χ0) is 18.1. The minimum absolute atomic E-state index is 0.199. The van der Waals surface area contributed by atoms with Crippen LogP contribution < -0.4 is 14.8 Å². The van der Waals surface area contributed by atoms with Crippen LogP contribution in [0.3, 0.4) is 0 Å². The zero-order valence-electron chi connectivity index (χ0n) is 13.8. The van der Waals surface area contributed by atoms with Crippen LogP contribution in [0.25, 0.3) is 22.4 Å². The Kier molecular flexibility index (Phi) is 4.44. The molecule has 4 rings (SSSR count). The van der Waals surface area contributed by atoms with E-state index in [-0.39, 0.29) is 5.56 Å². The van der Waals surface area contributed by atoms with E-state index in [0.29, 0.717) is 26.9 Å². The van der Waals surface area contributed by atoms with E-state index < -0.39 is 0 Å². The lowest BCUT2D eigenvalue weighted by Crippen LogP contribution is -2.23. The van der Waals surface area contributed by atoms with Crippen LogP contribution in [0, 0.1) is 0 Å². The van der Waals surface area contributed by atoms with Gasteiger partial charge in [-0.1, -0.05) is 41.1 Å². The molecule has 0 saturated heterocycles. The van der Waals surface area contributed by atoms with E-state index in [9.17, 15) is 4.79 Å². The van der Waals surface area contributed by atoms with Crippen molar-refractivity contribution in [3.8, 4) is 17.1 Å². The van der Waals surface area contributed by atoms with Crippen molar-refractivity contribution in [3.05, 3.63) is 74.0 Å². The van der Waals surface area contributed by atoms with Gasteiger partial charge < -0.3 is 4.74 Å². The normalized spacial score (nSPS) is 12.0. The summed E-state index contributed by atoms with van der Waals surface area (Å²) in [6, 6.07) is 14.9. The molecule has 0 aliphatic heterocycles. The maximum absolute atomic E-state index is 12.6. The highest BCUT2D eigenvalue weighted by Crippen LogP contribution is 2.20. The second-order valence-corrected chi connectivity index (χ2v) is 6.94. The largest absolute Gasteiger partial charge is 0.494 e. The fourth-order valence-electron chi connectivity index (χ4n) is 2.56. The number of halogens is 1. The molecule has 5 nitrogen and oxygen atoms in total. The van der Waals surface area contributed by atoms with Crippen molar-refractivity contribution in [2.75, 3.05) is 6.61 Å². The summed E-state index contributed by atoms with van der Waals surface area (Å²) in [6.07, 6.45) is 1.77. The first kappa shape index (κ1) is 16.8. The molecule has 0 aliphatic carbocycles. The molecule has 2 aromatic carbocycles. The number of fused-ring (bicyclic) bond motifs is 1. The number of nitrogens with zero attached hydrogens (tertiary/aromatic N) is 3. The van der Waals surface area contributed by atoms with E-state index in [0.717, 1.165) is 16.9 Å². The third-order valence-electron chi connectivity index (χ3n) is 3.80. The smallest absolute Gasteiger partial charge is 0.291 e. The standard InChI is InChI=1S/C19H14ClN3O2S/c1-2-25-14-9-7-12(8-10-14)17-21-19-23(22-17)18(24)16(26-19)11-13-5-3-4-6-15(13)20/h3-11H,2H2,1H3/b16-11+. The number of thiazole rings is 1. The minimum Gasteiger partial charge on any atom is -0.494 e. The highest BCUT2D eigenvalue weighted by atomic mass is 35.5. The first-order valence-electron chi connectivity index (χ1n) is 8.05. The van der Waals surface area contributed by atoms with E-state index in [1.165, 1.54) is 15.9 Å². The van der Waals surface area contributed by atoms with Gasteiger partial charge in [-0.2, -0.15) is 9.50 Å². The monoisotopic (exact) mass is 383 g/mol. The number of hydrogen-bond acceptors (Lipinski definition) is 5. The second kappa shape index (κ2) is 6.90. The van der Waals surface area contributed by atoms with Gasteiger partial charge >= 0.3 is 0 Å². The molecule has 130 valence electrons. The van der Waals surface area contributed by atoms with Gasteiger partial charge in [-0.15, -0.1) is 5.10 Å². The fourth-order valence-corrected chi connectivity index (χ4v) is 3.65. The number of ether oxygens (including phenoxy) is 1. The molecule has 4 aromatic rings. The van der Waals surface area contributed by atoms with E-state index >= 15 is 0 Å². The van der Waals surface area contributed by atoms with Crippen molar-refractivity contribution >= 4 is 34.0 Å². The maximum atomic E-state index is 12.6. The molecule has 0 N–H and O–H groups in total. The SMILES string of the molecule is CCOc1ccc(-c2nc3s/c(=C/c4ccccc4Cl)c(=O)n3n2)cc1. The van der Waals surface area contributed by atoms with E-state index in [4.69, 9.17) is 16.3 Å². The third kappa shape index (κ3) is 3.09. The zero-order valence-corrected chi connectivity index (χ0v) is 15.4. The predicted octanol–water partition coefficient (Wildman–Crippen LogP) is 3.42. The van der Waals surface area contributed by atoms with Crippen LogP contribution in [0.1, 0.15) is 12.5 Å². The van der Waals surface area contributed by atoms with Gasteiger partial charge in [0.1, 0.15) is 5.75 Å². The Hall–Kier alpha value is -2.70. The van der Waals surface area contributed by atoms with Gasteiger partial charge in [0.25, 0.3) is 5.56 Å². The Morgan fingerprint density at radius 1 is 1.19 bits per heavy atom. The van der Waals surface area contributed by atoms with Crippen LogP contribution in [-0.4, -0.2) is 21.2 Å². The summed E-state index contributed by atoms with van der Waals surface area (Å²) in [4.78, 5) is 17.6. The molecule has 0 amide bonds. The Morgan fingerprint density at radius 2 is 1.96 bits per heavy atom. The molecule has 2 aromatic heterocycles. The molecule has 0 atom stereocenters. The Labute approximate surface area is 158 Å². The van der Waals surface area contributed by atoms with Gasteiger partial charge in [0.05, 0.1) is 11.1 Å². The molecule has 7 heteroatoms. The first-order valence-corrected chi connectivity index (χ1v) is 9.24. The van der Waals surface area contributed by atoms with Crippen LogP contribution in [0.2, 0.25) is 5.02 Å². The number of aromatic nitrogens is 3. The van der Waals surface area contributed by atoms with Gasteiger partial charge in [0.2, 0.25) is 4.96 Å². The molecule has 0 saturated carbocycles. The average Bonchev–Trinajstić information content (AvgIpc) is 3.18. The molecule has 2 heterocycles. The summed E-state index contributed by atoms with van der Waals surface area (Å²) in [5.41, 5.74) is 1.43. The minimum atomic E-state index is -0.199. The van der Waals surface area contributed by atoms with Crippen molar-refractivity contribution < 1.29 is 4.74 Å². The summed E-state index contributed by atoms with van der Waals surface area (Å²) in [6.45, 7) is 2.55. The Balaban J connectivity index is 1.74. The van der Waals surface area contributed by atoms with Gasteiger partial charge in [-0.3, -0.25) is 4.79 Å². The van der Waals surface area contributed by atoms with Crippen molar-refractivity contribution in [3.63, 3.8) is 0 Å². The lowest BCUT2D eigenvalue weighted by atomic mass is 10.2. The molecule has 0 bridgehead atoms. The summed E-state index contributed by atoms with van der Waals surface area (Å²) >= 11 is 7.45. The first-order chi connectivity index (χ1) is 12.7. The number of hydrogen-bond donors (Lipinski definition) is 0. The van der Waals surface area contributed by atoms with Crippen LogP contribution in [-0.2, 0) is 0 Å². The highest BCUT2D eigenvalue weighted by Gasteiger charge is 2.12. The van der Waals surface area contributed by atoms with Gasteiger partial charge in [0, 0.05) is 10.6 Å². The Morgan fingerprint density at radius 3 is 2.65 bits per heavy atom. The topological polar surface area (TPSA) is 56.5 Å². The highest BCUT2D eigenvalue weighted by molar-refractivity contribution is 7.15. The summed E-state index contributed by atoms with van der Waals surface area (Å²) in [7, 11) is 0. The summed E-state index contributed by atoms with van der Waals surface area (Å²) < 4.78 is 7.31. The van der Waals surface area contributed by atoms with Gasteiger partial charge in [-0.25, -0.2) is 0 Å². The van der Waals surface area contributed by atoms with Crippen molar-refractivity contribution in [2.24, 2.45) is 0 Å². The summed E-state index contributed by atoms with van der Waals surface area (Å²) in [5.74, 6) is 1.30. The van der Waals surface area contributed by atoms with Crippen LogP contribution in [0.4, 0.5) is 0 Å². The second-order valence-electron chi connectivity index (χ2n) is 5.52. The van der Waals surface area contributed by atoms with Gasteiger partial charge in [0.15, 0.2) is 5.82 Å². The van der Waals surface area contributed by atoms with Gasteiger partial charge in [-0.05, 0) is 48.9 Å². The predicted molar refractivity (Wildman–Crippen MR) is 104 cm³/mol. The third-order valence-corrected chi connectivity index (χ3v) is 5.10. The molecule has 0 radical (unpaired) electrons. The van der Waals surface area contributed by atoms with Crippen LogP contribution >= 0.6 is 22.9 Å². The lowest BCUT2D eigenvalue weighted by molar-refractivity contribution is 0.340. The number of rotatable bonds is 4. The molecule has 26 heavy (non-hydrogen) atoms. The molecular formula is C19H14ClN3O2S. The quantitative estimate of drug-likeness (QED) is 0.542. The van der Waals surface area contributed by atoms with Crippen molar-refractivity contribution in [1.82, 2.24) is 14.6 Å². The molecule has 0 fully saturated rings.